The molecule has 1 nitrogen and oxygen atoms in total. The van der Waals surface area contributed by atoms with Crippen molar-refractivity contribution in [1.82, 2.24) is 0 Å². The summed E-state index contributed by atoms with van der Waals surface area (Å²) in [4.78, 5) is 0. The van der Waals surface area contributed by atoms with E-state index in [2.05, 4.69) is 33.8 Å². The largest absolute Gasteiger partial charge is 0.327 e. The zero-order valence-corrected chi connectivity index (χ0v) is 15.1. The van der Waals surface area contributed by atoms with Crippen LogP contribution in [-0.2, 0) is 0 Å². The van der Waals surface area contributed by atoms with Gasteiger partial charge in [-0.15, -0.1) is 0 Å². The van der Waals surface area contributed by atoms with Crippen LogP contribution >= 0.6 is 0 Å². The van der Waals surface area contributed by atoms with E-state index in [4.69, 9.17) is 5.73 Å². The SMILES string of the molecule is CC1(C)C[C@H]2[C@@H]3CC=C4CCCC[C@]4(C)[C@@H]3CC[C@]2(C)C1N. The van der Waals surface area contributed by atoms with E-state index in [9.17, 15) is 0 Å². The monoisotopic (exact) mass is 301 g/mol. The summed E-state index contributed by atoms with van der Waals surface area (Å²) in [5.41, 5.74) is 9.84. The van der Waals surface area contributed by atoms with E-state index in [0.29, 0.717) is 22.3 Å². The summed E-state index contributed by atoms with van der Waals surface area (Å²) in [6, 6.07) is 0.385. The fourth-order valence-electron chi connectivity index (χ4n) is 7.40. The van der Waals surface area contributed by atoms with Crippen molar-refractivity contribution in [2.45, 2.75) is 85.1 Å². The second kappa shape index (κ2) is 4.62. The van der Waals surface area contributed by atoms with Gasteiger partial charge in [0.1, 0.15) is 0 Å². The summed E-state index contributed by atoms with van der Waals surface area (Å²) < 4.78 is 0. The van der Waals surface area contributed by atoms with E-state index in [1.807, 2.05) is 5.57 Å². The molecule has 0 radical (unpaired) electrons. The van der Waals surface area contributed by atoms with Gasteiger partial charge in [0.2, 0.25) is 0 Å². The van der Waals surface area contributed by atoms with Crippen molar-refractivity contribution in [1.29, 1.82) is 0 Å². The van der Waals surface area contributed by atoms with E-state index in [1.54, 1.807) is 0 Å². The average molecular weight is 302 g/mol. The van der Waals surface area contributed by atoms with Crippen LogP contribution in [0.25, 0.3) is 0 Å². The van der Waals surface area contributed by atoms with Crippen LogP contribution in [0.1, 0.15) is 79.1 Å². The van der Waals surface area contributed by atoms with Gasteiger partial charge in [-0.2, -0.15) is 0 Å². The number of rotatable bonds is 0. The molecule has 0 aliphatic heterocycles. The number of hydrogen-bond acceptors (Lipinski definition) is 1. The standard InChI is InChI=1S/C21H35N/c1-19(2)13-17-15-9-8-14-7-5-6-11-20(14,3)16(15)10-12-21(17,4)18(19)22/h8,15-18H,5-7,9-13,22H2,1-4H3/t15-,16-,17+,18?,20+,21+/m1/s1. The molecule has 22 heavy (non-hydrogen) atoms. The van der Waals surface area contributed by atoms with Crippen molar-refractivity contribution in [3.8, 4) is 0 Å². The molecule has 1 heteroatoms. The molecule has 1 unspecified atom stereocenters. The Labute approximate surface area is 137 Å². The minimum atomic E-state index is 0.325. The molecule has 124 valence electrons. The number of allylic oxidation sites excluding steroid dienone is 2. The highest BCUT2D eigenvalue weighted by Crippen LogP contribution is 2.67. The lowest BCUT2D eigenvalue weighted by atomic mass is 9.48. The Hall–Kier alpha value is -0.300. The summed E-state index contributed by atoms with van der Waals surface area (Å²) in [6.07, 6.45) is 13.9. The van der Waals surface area contributed by atoms with Crippen LogP contribution in [0.2, 0.25) is 0 Å². The van der Waals surface area contributed by atoms with Crippen molar-refractivity contribution < 1.29 is 0 Å². The van der Waals surface area contributed by atoms with Gasteiger partial charge in [0.15, 0.2) is 0 Å². The molecular formula is C21H35N. The van der Waals surface area contributed by atoms with Gasteiger partial charge >= 0.3 is 0 Å². The van der Waals surface area contributed by atoms with Crippen LogP contribution in [0.5, 0.6) is 0 Å². The van der Waals surface area contributed by atoms with Crippen LogP contribution in [-0.4, -0.2) is 6.04 Å². The van der Waals surface area contributed by atoms with Crippen molar-refractivity contribution in [3.63, 3.8) is 0 Å². The van der Waals surface area contributed by atoms with Crippen LogP contribution in [0.15, 0.2) is 11.6 Å². The first kappa shape index (κ1) is 15.2. The van der Waals surface area contributed by atoms with E-state index < -0.39 is 0 Å². The van der Waals surface area contributed by atoms with Gasteiger partial charge in [-0.3, -0.25) is 0 Å². The van der Waals surface area contributed by atoms with E-state index in [0.717, 1.165) is 17.8 Å². The van der Waals surface area contributed by atoms with E-state index in [-0.39, 0.29) is 0 Å². The molecule has 6 atom stereocenters. The molecule has 0 bridgehead atoms. The fourth-order valence-corrected chi connectivity index (χ4v) is 7.40. The van der Waals surface area contributed by atoms with Gasteiger partial charge in [-0.05, 0) is 78.9 Å². The minimum absolute atomic E-state index is 0.325. The molecule has 0 aromatic carbocycles. The van der Waals surface area contributed by atoms with Crippen LogP contribution in [0.3, 0.4) is 0 Å². The molecule has 0 saturated heterocycles. The van der Waals surface area contributed by atoms with Crippen molar-refractivity contribution in [2.75, 3.05) is 0 Å². The summed E-state index contributed by atoms with van der Waals surface area (Å²) in [5, 5.41) is 0. The van der Waals surface area contributed by atoms with Gasteiger partial charge in [-0.1, -0.05) is 45.8 Å². The second-order valence-corrected chi connectivity index (χ2v) is 10.2. The predicted molar refractivity (Wildman–Crippen MR) is 93.5 cm³/mol. The predicted octanol–water partition coefficient (Wildman–Crippen LogP) is 5.30. The van der Waals surface area contributed by atoms with Gasteiger partial charge in [0.25, 0.3) is 0 Å². The zero-order chi connectivity index (χ0) is 15.8. The van der Waals surface area contributed by atoms with Crippen LogP contribution in [0, 0.1) is 34.0 Å². The third-order valence-corrected chi connectivity index (χ3v) is 8.75. The quantitative estimate of drug-likeness (QED) is 0.603. The molecule has 4 aliphatic carbocycles. The molecule has 0 aromatic heterocycles. The Balaban J connectivity index is 1.71. The molecule has 3 saturated carbocycles. The highest BCUT2D eigenvalue weighted by molar-refractivity contribution is 5.25. The number of hydrogen-bond donors (Lipinski definition) is 1. The third-order valence-electron chi connectivity index (χ3n) is 8.75. The lowest BCUT2D eigenvalue weighted by molar-refractivity contribution is -0.0300. The summed E-state index contributed by atoms with van der Waals surface area (Å²) >= 11 is 0. The summed E-state index contributed by atoms with van der Waals surface area (Å²) in [5.74, 6) is 2.69. The maximum atomic E-state index is 6.77. The van der Waals surface area contributed by atoms with Crippen molar-refractivity contribution in [3.05, 3.63) is 11.6 Å². The molecule has 0 amide bonds. The lowest BCUT2D eigenvalue weighted by Crippen LogP contribution is -2.52. The summed E-state index contributed by atoms with van der Waals surface area (Å²) in [6.45, 7) is 9.97. The molecule has 2 N–H and O–H groups in total. The Morgan fingerprint density at radius 1 is 1.05 bits per heavy atom. The fraction of sp³-hybridized carbons (Fsp3) is 0.905. The van der Waals surface area contributed by atoms with Crippen LogP contribution in [0.4, 0.5) is 0 Å². The highest BCUT2D eigenvalue weighted by Gasteiger charge is 2.61. The molecule has 4 rings (SSSR count). The third kappa shape index (κ3) is 1.81. The average Bonchev–Trinajstić information content (AvgIpc) is 2.66. The van der Waals surface area contributed by atoms with Gasteiger partial charge < -0.3 is 5.73 Å². The Morgan fingerprint density at radius 2 is 1.82 bits per heavy atom. The van der Waals surface area contributed by atoms with Gasteiger partial charge in [0.05, 0.1) is 0 Å². The lowest BCUT2D eigenvalue weighted by Gasteiger charge is -2.57. The Bertz CT molecular complexity index is 504. The van der Waals surface area contributed by atoms with Crippen molar-refractivity contribution >= 4 is 0 Å². The van der Waals surface area contributed by atoms with E-state index >= 15 is 0 Å². The smallest absolute Gasteiger partial charge is 0.0147 e. The molecule has 0 heterocycles. The van der Waals surface area contributed by atoms with Crippen LogP contribution < -0.4 is 5.73 Å². The first-order valence-electron chi connectivity index (χ1n) is 9.74. The first-order chi connectivity index (χ1) is 10.3. The Morgan fingerprint density at radius 3 is 2.59 bits per heavy atom. The molecule has 0 spiro atoms. The maximum Gasteiger partial charge on any atom is 0.0147 e. The second-order valence-electron chi connectivity index (χ2n) is 10.2. The summed E-state index contributed by atoms with van der Waals surface area (Å²) in [7, 11) is 0. The zero-order valence-electron chi connectivity index (χ0n) is 15.1. The Kier molecular flexibility index (Phi) is 3.20. The molecule has 4 aliphatic rings. The maximum absolute atomic E-state index is 6.77. The minimum Gasteiger partial charge on any atom is -0.327 e. The number of nitrogens with two attached hydrogens (primary N) is 1. The van der Waals surface area contributed by atoms with Crippen molar-refractivity contribution in [2.24, 2.45) is 39.7 Å². The topological polar surface area (TPSA) is 26.0 Å². The normalized spacial score (nSPS) is 53.2. The number of fused-ring (bicyclic) bond motifs is 5. The van der Waals surface area contributed by atoms with Gasteiger partial charge in [-0.25, -0.2) is 0 Å². The molecular weight excluding hydrogens is 266 g/mol. The first-order valence-corrected chi connectivity index (χ1v) is 9.74. The molecule has 3 fully saturated rings. The van der Waals surface area contributed by atoms with Gasteiger partial charge in [0, 0.05) is 6.04 Å². The molecule has 0 aromatic rings. The van der Waals surface area contributed by atoms with E-state index in [1.165, 1.54) is 51.4 Å². The highest BCUT2D eigenvalue weighted by atomic mass is 14.8.